The van der Waals surface area contributed by atoms with Gasteiger partial charge in [-0.2, -0.15) is 4.99 Å². The van der Waals surface area contributed by atoms with Crippen molar-refractivity contribution in [3.05, 3.63) is 24.3 Å². The molecule has 6 nitrogen and oxygen atoms in total. The van der Waals surface area contributed by atoms with Crippen molar-refractivity contribution in [2.75, 3.05) is 7.11 Å². The van der Waals surface area contributed by atoms with E-state index < -0.39 is 11.5 Å². The molecule has 0 radical (unpaired) electrons. The molecule has 1 spiro atoms. The van der Waals surface area contributed by atoms with Gasteiger partial charge < -0.3 is 9.47 Å². The van der Waals surface area contributed by atoms with Gasteiger partial charge in [0.05, 0.1) is 12.8 Å². The van der Waals surface area contributed by atoms with Crippen molar-refractivity contribution in [2.24, 2.45) is 4.99 Å². The monoisotopic (exact) mass is 274 g/mol. The molecular weight excluding hydrogens is 260 g/mol. The predicted octanol–water partition coefficient (Wildman–Crippen LogP) is 1.32. The number of rotatable bonds is 2. The van der Waals surface area contributed by atoms with Gasteiger partial charge >= 0.3 is 0 Å². The molecule has 1 heterocycles. The van der Waals surface area contributed by atoms with Crippen LogP contribution in [0.4, 0.5) is 5.69 Å². The third kappa shape index (κ3) is 1.93. The number of Topliss-reactive ketones (excluding diaryl/α,β-unsaturated/α-hetero) is 1. The number of methoxy groups -OCH3 is 1. The van der Waals surface area contributed by atoms with Gasteiger partial charge in [0.25, 0.3) is 11.9 Å². The minimum absolute atomic E-state index is 0.0791. The maximum Gasteiger partial charge on any atom is 0.298 e. The molecule has 1 saturated heterocycles. The standard InChI is InChI=1S/C14H14N2O4/c1-19-10-6-4-9(5-7-10)15-13-16-12(18)14(20-13)8-2-3-11(14)17/h4-7H,2-3,8H2,1H3,(H,15,16,18). The number of benzene rings is 1. The number of amidine groups is 1. The molecule has 1 aliphatic carbocycles. The first-order chi connectivity index (χ1) is 9.64. The number of nitrogens with one attached hydrogen (secondary N) is 1. The Bertz CT molecular complexity index is 594. The Morgan fingerprint density at radius 1 is 1.30 bits per heavy atom. The molecule has 0 bridgehead atoms. The summed E-state index contributed by atoms with van der Waals surface area (Å²) in [5.74, 6) is 0.134. The zero-order chi connectivity index (χ0) is 14.2. The lowest BCUT2D eigenvalue weighted by Crippen LogP contribution is -2.42. The van der Waals surface area contributed by atoms with Crippen LogP contribution in [0.25, 0.3) is 0 Å². The summed E-state index contributed by atoms with van der Waals surface area (Å²) >= 11 is 0. The van der Waals surface area contributed by atoms with Crippen molar-refractivity contribution in [3.63, 3.8) is 0 Å². The molecule has 3 rings (SSSR count). The summed E-state index contributed by atoms with van der Waals surface area (Å²) in [6.07, 6.45) is 1.46. The fourth-order valence-electron chi connectivity index (χ4n) is 2.45. The van der Waals surface area contributed by atoms with Crippen molar-refractivity contribution >= 4 is 23.4 Å². The van der Waals surface area contributed by atoms with Crippen molar-refractivity contribution < 1.29 is 19.1 Å². The van der Waals surface area contributed by atoms with Gasteiger partial charge in [0.1, 0.15) is 5.75 Å². The SMILES string of the molecule is COc1ccc(N=C2NC(=O)C3(CCCC3=O)O2)cc1. The molecule has 1 aromatic carbocycles. The molecule has 1 amide bonds. The van der Waals surface area contributed by atoms with Gasteiger partial charge in [0.15, 0.2) is 5.78 Å². The van der Waals surface area contributed by atoms with Crippen LogP contribution in [0.15, 0.2) is 29.3 Å². The lowest BCUT2D eigenvalue weighted by atomic mass is 10.0. The summed E-state index contributed by atoms with van der Waals surface area (Å²) in [5, 5.41) is 2.53. The molecule has 20 heavy (non-hydrogen) atoms. The molecule has 1 aromatic rings. The summed E-state index contributed by atoms with van der Waals surface area (Å²) in [7, 11) is 1.58. The quantitative estimate of drug-likeness (QED) is 0.825. The average molecular weight is 274 g/mol. The molecule has 1 aliphatic heterocycles. The lowest BCUT2D eigenvalue weighted by molar-refractivity contribution is -0.142. The van der Waals surface area contributed by atoms with Crippen LogP contribution in [-0.2, 0) is 14.3 Å². The number of carbonyl (C=O) groups is 2. The second-order valence-corrected chi connectivity index (χ2v) is 4.77. The zero-order valence-electron chi connectivity index (χ0n) is 11.0. The Morgan fingerprint density at radius 2 is 2.05 bits per heavy atom. The normalized spacial score (nSPS) is 26.9. The molecule has 1 atom stereocenters. The van der Waals surface area contributed by atoms with Crippen LogP contribution in [0.3, 0.4) is 0 Å². The Morgan fingerprint density at radius 3 is 2.65 bits per heavy atom. The van der Waals surface area contributed by atoms with Crippen LogP contribution >= 0.6 is 0 Å². The number of hydrogen-bond acceptors (Lipinski definition) is 5. The molecule has 2 fully saturated rings. The lowest BCUT2D eigenvalue weighted by Gasteiger charge is -2.15. The van der Waals surface area contributed by atoms with Gasteiger partial charge in [-0.05, 0) is 30.7 Å². The summed E-state index contributed by atoms with van der Waals surface area (Å²) in [5.41, 5.74) is -0.728. The highest BCUT2D eigenvalue weighted by molar-refractivity contribution is 6.19. The largest absolute Gasteiger partial charge is 0.497 e. The van der Waals surface area contributed by atoms with E-state index in [9.17, 15) is 9.59 Å². The number of nitrogens with zero attached hydrogens (tertiary/aromatic N) is 1. The zero-order valence-corrected chi connectivity index (χ0v) is 11.0. The smallest absolute Gasteiger partial charge is 0.298 e. The van der Waals surface area contributed by atoms with Gasteiger partial charge in [-0.1, -0.05) is 0 Å². The summed E-state index contributed by atoms with van der Waals surface area (Å²) in [6.45, 7) is 0. The van der Waals surface area contributed by atoms with E-state index in [1.165, 1.54) is 0 Å². The molecule has 2 aliphatic rings. The number of carbonyl (C=O) groups excluding carboxylic acids is 2. The fourth-order valence-corrected chi connectivity index (χ4v) is 2.45. The minimum Gasteiger partial charge on any atom is -0.497 e. The van der Waals surface area contributed by atoms with Crippen molar-refractivity contribution in [3.8, 4) is 5.75 Å². The van der Waals surface area contributed by atoms with Crippen molar-refractivity contribution in [2.45, 2.75) is 24.9 Å². The van der Waals surface area contributed by atoms with Crippen LogP contribution in [0, 0.1) is 0 Å². The Kier molecular flexibility index (Phi) is 2.93. The number of aliphatic imine (C=N–C) groups is 1. The van der Waals surface area contributed by atoms with E-state index in [-0.39, 0.29) is 11.8 Å². The number of ketones is 1. The summed E-state index contributed by atoms with van der Waals surface area (Å²) in [6, 6.07) is 7.07. The Balaban J connectivity index is 1.83. The molecule has 6 heteroatoms. The highest BCUT2D eigenvalue weighted by atomic mass is 16.5. The maximum absolute atomic E-state index is 12.0. The van der Waals surface area contributed by atoms with Crippen molar-refractivity contribution in [1.82, 2.24) is 5.32 Å². The summed E-state index contributed by atoms with van der Waals surface area (Å²) in [4.78, 5) is 28.0. The Labute approximate surface area is 115 Å². The van der Waals surface area contributed by atoms with Gasteiger partial charge in [-0.15, -0.1) is 0 Å². The molecule has 1 unspecified atom stereocenters. The van der Waals surface area contributed by atoms with Crippen LogP contribution in [-0.4, -0.2) is 30.4 Å². The third-order valence-electron chi connectivity index (χ3n) is 3.54. The van der Waals surface area contributed by atoms with Crippen LogP contribution in [0.1, 0.15) is 19.3 Å². The molecule has 1 saturated carbocycles. The number of amides is 1. The van der Waals surface area contributed by atoms with E-state index in [2.05, 4.69) is 10.3 Å². The van der Waals surface area contributed by atoms with Gasteiger partial charge in [0.2, 0.25) is 5.60 Å². The van der Waals surface area contributed by atoms with Crippen LogP contribution in [0.5, 0.6) is 5.75 Å². The highest BCUT2D eigenvalue weighted by Gasteiger charge is 2.56. The van der Waals surface area contributed by atoms with E-state index in [1.54, 1.807) is 31.4 Å². The predicted molar refractivity (Wildman–Crippen MR) is 70.9 cm³/mol. The molecule has 0 aromatic heterocycles. The number of hydrogen-bond donors (Lipinski definition) is 1. The van der Waals surface area contributed by atoms with Crippen LogP contribution in [0.2, 0.25) is 0 Å². The molecular formula is C14H14N2O4. The van der Waals surface area contributed by atoms with Crippen LogP contribution < -0.4 is 10.1 Å². The maximum atomic E-state index is 12.0. The average Bonchev–Trinajstić information content (AvgIpc) is 2.96. The third-order valence-corrected chi connectivity index (χ3v) is 3.54. The van der Waals surface area contributed by atoms with E-state index in [1.807, 2.05) is 0 Å². The second-order valence-electron chi connectivity index (χ2n) is 4.77. The van der Waals surface area contributed by atoms with Gasteiger partial charge in [-0.25, -0.2) is 0 Å². The van der Waals surface area contributed by atoms with E-state index >= 15 is 0 Å². The summed E-state index contributed by atoms with van der Waals surface area (Å²) < 4.78 is 10.6. The topological polar surface area (TPSA) is 77.0 Å². The molecule has 104 valence electrons. The highest BCUT2D eigenvalue weighted by Crippen LogP contribution is 2.33. The van der Waals surface area contributed by atoms with E-state index in [0.717, 1.165) is 0 Å². The Hall–Kier alpha value is -2.37. The number of ether oxygens (including phenoxy) is 2. The second kappa shape index (κ2) is 4.63. The first-order valence-electron chi connectivity index (χ1n) is 6.40. The fraction of sp³-hybridized carbons (Fsp3) is 0.357. The molecule has 1 N–H and O–H groups in total. The van der Waals surface area contributed by atoms with Gasteiger partial charge in [-0.3, -0.25) is 14.9 Å². The van der Waals surface area contributed by atoms with E-state index in [4.69, 9.17) is 9.47 Å². The van der Waals surface area contributed by atoms with Crippen molar-refractivity contribution in [1.29, 1.82) is 0 Å². The first-order valence-corrected chi connectivity index (χ1v) is 6.40. The first kappa shape index (κ1) is 12.7. The van der Waals surface area contributed by atoms with Gasteiger partial charge in [0, 0.05) is 12.8 Å². The minimum atomic E-state index is -1.34. The van der Waals surface area contributed by atoms with E-state index in [0.29, 0.717) is 30.7 Å².